The summed E-state index contributed by atoms with van der Waals surface area (Å²) in [4.78, 5) is 13.9. The van der Waals surface area contributed by atoms with E-state index in [0.717, 1.165) is 5.69 Å². The first-order chi connectivity index (χ1) is 9.66. The maximum absolute atomic E-state index is 12.8. The highest BCUT2D eigenvalue weighted by atomic mass is 19.1. The maximum atomic E-state index is 12.8. The highest BCUT2D eigenvalue weighted by molar-refractivity contribution is 5.94. The van der Waals surface area contributed by atoms with E-state index in [1.807, 2.05) is 37.4 Å². The number of para-hydroxylation sites is 1. The number of hydrogen-bond acceptors (Lipinski definition) is 2. The van der Waals surface area contributed by atoms with Crippen LogP contribution in [0.25, 0.3) is 0 Å². The zero-order valence-electron chi connectivity index (χ0n) is 11.3. The van der Waals surface area contributed by atoms with Crippen molar-refractivity contribution >= 4 is 11.6 Å². The van der Waals surface area contributed by atoms with Gasteiger partial charge in [-0.1, -0.05) is 18.2 Å². The number of nitrogens with one attached hydrogen (secondary N) is 1. The average molecular weight is 272 g/mol. The van der Waals surface area contributed by atoms with Gasteiger partial charge in [0.2, 0.25) is 0 Å². The molecule has 1 N–H and O–H groups in total. The second kappa shape index (κ2) is 6.70. The molecule has 2 rings (SSSR count). The van der Waals surface area contributed by atoms with Gasteiger partial charge in [0.05, 0.1) is 0 Å². The number of carbonyl (C=O) groups excluding carboxylic acids is 1. The first-order valence-corrected chi connectivity index (χ1v) is 6.47. The summed E-state index contributed by atoms with van der Waals surface area (Å²) in [7, 11) is 1.97. The first kappa shape index (κ1) is 14.1. The molecule has 0 aliphatic heterocycles. The topological polar surface area (TPSA) is 32.3 Å². The minimum Gasteiger partial charge on any atom is -0.373 e. The lowest BCUT2D eigenvalue weighted by molar-refractivity contribution is 0.0954. The molecule has 4 heteroatoms. The highest BCUT2D eigenvalue weighted by Gasteiger charge is 2.05. The number of benzene rings is 2. The lowest BCUT2D eigenvalue weighted by Gasteiger charge is -2.19. The molecular weight excluding hydrogens is 255 g/mol. The van der Waals surface area contributed by atoms with E-state index in [2.05, 4.69) is 10.2 Å². The van der Waals surface area contributed by atoms with Crippen LogP contribution in [-0.4, -0.2) is 26.0 Å². The normalized spacial score (nSPS) is 10.1. The lowest BCUT2D eigenvalue weighted by Crippen LogP contribution is -2.32. The molecule has 0 atom stereocenters. The minimum atomic E-state index is -0.342. The quantitative estimate of drug-likeness (QED) is 0.907. The van der Waals surface area contributed by atoms with Crippen LogP contribution in [0.15, 0.2) is 54.6 Å². The molecule has 0 saturated heterocycles. The van der Waals surface area contributed by atoms with Crippen molar-refractivity contribution in [1.82, 2.24) is 5.32 Å². The fourth-order valence-corrected chi connectivity index (χ4v) is 1.85. The largest absolute Gasteiger partial charge is 0.373 e. The fourth-order valence-electron chi connectivity index (χ4n) is 1.85. The molecule has 0 heterocycles. The Balaban J connectivity index is 1.81. The minimum absolute atomic E-state index is 0.188. The van der Waals surface area contributed by atoms with Crippen molar-refractivity contribution in [2.75, 3.05) is 25.0 Å². The molecule has 2 aromatic carbocycles. The third-order valence-electron chi connectivity index (χ3n) is 3.04. The van der Waals surface area contributed by atoms with Gasteiger partial charge in [0.1, 0.15) is 5.82 Å². The van der Waals surface area contributed by atoms with Crippen LogP contribution in [0.4, 0.5) is 10.1 Å². The van der Waals surface area contributed by atoms with Crippen molar-refractivity contribution in [2.24, 2.45) is 0 Å². The van der Waals surface area contributed by atoms with E-state index in [-0.39, 0.29) is 11.7 Å². The van der Waals surface area contributed by atoms with Crippen LogP contribution in [0.1, 0.15) is 10.4 Å². The van der Waals surface area contributed by atoms with Gasteiger partial charge in [-0.2, -0.15) is 0 Å². The molecule has 0 fully saturated rings. The van der Waals surface area contributed by atoms with E-state index in [9.17, 15) is 9.18 Å². The molecular formula is C16H17FN2O. The van der Waals surface area contributed by atoms with Gasteiger partial charge in [0.15, 0.2) is 0 Å². The van der Waals surface area contributed by atoms with E-state index in [0.29, 0.717) is 18.7 Å². The van der Waals surface area contributed by atoms with Crippen molar-refractivity contribution in [1.29, 1.82) is 0 Å². The van der Waals surface area contributed by atoms with Gasteiger partial charge in [-0.3, -0.25) is 4.79 Å². The van der Waals surface area contributed by atoms with Crippen molar-refractivity contribution in [3.05, 3.63) is 66.0 Å². The Morgan fingerprint density at radius 3 is 2.40 bits per heavy atom. The summed E-state index contributed by atoms with van der Waals surface area (Å²) in [5.74, 6) is -0.531. The molecule has 104 valence electrons. The van der Waals surface area contributed by atoms with Gasteiger partial charge in [0.25, 0.3) is 5.91 Å². The van der Waals surface area contributed by atoms with Crippen LogP contribution in [0.5, 0.6) is 0 Å². The van der Waals surface area contributed by atoms with Crippen LogP contribution in [0.3, 0.4) is 0 Å². The molecule has 20 heavy (non-hydrogen) atoms. The monoisotopic (exact) mass is 272 g/mol. The van der Waals surface area contributed by atoms with Crippen molar-refractivity contribution in [3.63, 3.8) is 0 Å². The van der Waals surface area contributed by atoms with Gasteiger partial charge >= 0.3 is 0 Å². The Morgan fingerprint density at radius 2 is 1.75 bits per heavy atom. The summed E-state index contributed by atoms with van der Waals surface area (Å²) in [5.41, 5.74) is 1.57. The summed E-state index contributed by atoms with van der Waals surface area (Å²) < 4.78 is 12.8. The van der Waals surface area contributed by atoms with Gasteiger partial charge in [-0.15, -0.1) is 0 Å². The van der Waals surface area contributed by atoms with Crippen LogP contribution in [0.2, 0.25) is 0 Å². The van der Waals surface area contributed by atoms with E-state index >= 15 is 0 Å². The van der Waals surface area contributed by atoms with E-state index in [1.54, 1.807) is 0 Å². The molecule has 3 nitrogen and oxygen atoms in total. The zero-order chi connectivity index (χ0) is 14.4. The summed E-state index contributed by atoms with van der Waals surface area (Å²) in [6.07, 6.45) is 0. The second-order valence-corrected chi connectivity index (χ2v) is 4.52. The number of hydrogen-bond donors (Lipinski definition) is 1. The van der Waals surface area contributed by atoms with Crippen molar-refractivity contribution in [2.45, 2.75) is 0 Å². The number of anilines is 1. The van der Waals surface area contributed by atoms with Gasteiger partial charge in [-0.25, -0.2) is 4.39 Å². The molecule has 0 bridgehead atoms. The molecule has 0 radical (unpaired) electrons. The fraction of sp³-hybridized carbons (Fsp3) is 0.188. The van der Waals surface area contributed by atoms with Crippen LogP contribution < -0.4 is 10.2 Å². The SMILES string of the molecule is CN(CCNC(=O)c1ccc(F)cc1)c1ccccc1. The number of rotatable bonds is 5. The summed E-state index contributed by atoms with van der Waals surface area (Å²) in [6.45, 7) is 1.23. The Morgan fingerprint density at radius 1 is 1.10 bits per heavy atom. The molecule has 2 aromatic rings. The predicted molar refractivity (Wildman–Crippen MR) is 78.4 cm³/mol. The molecule has 1 amide bonds. The van der Waals surface area contributed by atoms with E-state index in [1.165, 1.54) is 24.3 Å². The molecule has 0 unspecified atom stereocenters. The zero-order valence-corrected chi connectivity index (χ0v) is 11.3. The standard InChI is InChI=1S/C16H17FN2O/c1-19(15-5-3-2-4-6-15)12-11-18-16(20)13-7-9-14(17)10-8-13/h2-10H,11-12H2,1H3,(H,18,20). The summed E-state index contributed by atoms with van der Waals surface area (Å²) >= 11 is 0. The Labute approximate surface area is 118 Å². The Bertz CT molecular complexity index is 554. The molecule has 0 aromatic heterocycles. The van der Waals surface area contributed by atoms with Crippen LogP contribution in [0, 0.1) is 5.82 Å². The number of carbonyl (C=O) groups is 1. The molecule has 0 saturated carbocycles. The predicted octanol–water partition coefficient (Wildman–Crippen LogP) is 2.69. The van der Waals surface area contributed by atoms with Crippen molar-refractivity contribution < 1.29 is 9.18 Å². The van der Waals surface area contributed by atoms with E-state index < -0.39 is 0 Å². The summed E-state index contributed by atoms with van der Waals surface area (Å²) in [6, 6.07) is 15.5. The van der Waals surface area contributed by atoms with Gasteiger partial charge < -0.3 is 10.2 Å². The second-order valence-electron chi connectivity index (χ2n) is 4.52. The smallest absolute Gasteiger partial charge is 0.251 e. The number of nitrogens with zero attached hydrogens (tertiary/aromatic N) is 1. The lowest BCUT2D eigenvalue weighted by atomic mass is 10.2. The molecule has 0 aliphatic carbocycles. The number of likely N-dealkylation sites (N-methyl/N-ethyl adjacent to an activating group) is 1. The number of amides is 1. The Hall–Kier alpha value is -2.36. The van der Waals surface area contributed by atoms with Crippen LogP contribution in [-0.2, 0) is 0 Å². The molecule has 0 aliphatic rings. The van der Waals surface area contributed by atoms with Crippen LogP contribution >= 0.6 is 0 Å². The van der Waals surface area contributed by atoms with E-state index in [4.69, 9.17) is 0 Å². The maximum Gasteiger partial charge on any atom is 0.251 e. The number of halogens is 1. The van der Waals surface area contributed by atoms with Crippen molar-refractivity contribution in [3.8, 4) is 0 Å². The third-order valence-corrected chi connectivity index (χ3v) is 3.04. The summed E-state index contributed by atoms with van der Waals surface area (Å²) in [5, 5.41) is 2.82. The van der Waals surface area contributed by atoms with Gasteiger partial charge in [-0.05, 0) is 36.4 Å². The molecule has 0 spiro atoms. The van der Waals surface area contributed by atoms with Gasteiger partial charge in [0, 0.05) is 31.4 Å². The average Bonchev–Trinajstić information content (AvgIpc) is 2.48. The first-order valence-electron chi connectivity index (χ1n) is 6.47. The highest BCUT2D eigenvalue weighted by Crippen LogP contribution is 2.09. The Kier molecular flexibility index (Phi) is 4.71. The third kappa shape index (κ3) is 3.82.